The van der Waals surface area contributed by atoms with Gasteiger partial charge in [0.1, 0.15) is 0 Å². The van der Waals surface area contributed by atoms with Crippen molar-refractivity contribution in [3.8, 4) is 0 Å². The molecule has 1 fully saturated rings. The van der Waals surface area contributed by atoms with Gasteiger partial charge in [0.25, 0.3) is 5.69 Å². The summed E-state index contributed by atoms with van der Waals surface area (Å²) >= 11 is 0. The van der Waals surface area contributed by atoms with Gasteiger partial charge < -0.3 is 0 Å². The first-order chi connectivity index (χ1) is 8.66. The fraction of sp³-hybridized carbons (Fsp3) is 0.462. The molecule has 0 amide bonds. The van der Waals surface area contributed by atoms with Crippen LogP contribution in [-0.2, 0) is 0 Å². The molecular weight excluding hydrogens is 230 g/mol. The average molecular weight is 247 g/mol. The van der Waals surface area contributed by atoms with Gasteiger partial charge in [0.05, 0.1) is 10.6 Å². The largest absolute Gasteiger partial charge is 0.278 e. The van der Waals surface area contributed by atoms with Gasteiger partial charge in [0.2, 0.25) is 0 Å². The van der Waals surface area contributed by atoms with Crippen LogP contribution in [0.1, 0.15) is 32.6 Å². The molecule has 5 nitrogen and oxygen atoms in total. The molecule has 1 aliphatic carbocycles. The van der Waals surface area contributed by atoms with E-state index in [2.05, 4.69) is 17.5 Å². The van der Waals surface area contributed by atoms with Crippen LogP contribution in [0.25, 0.3) is 0 Å². The Morgan fingerprint density at radius 3 is 3.00 bits per heavy atom. The number of hydrogen-bond donors (Lipinski definition) is 1. The second kappa shape index (κ2) is 5.62. The fourth-order valence-electron chi connectivity index (χ4n) is 2.16. The first-order valence-corrected chi connectivity index (χ1v) is 6.24. The van der Waals surface area contributed by atoms with E-state index in [9.17, 15) is 10.1 Å². The summed E-state index contributed by atoms with van der Waals surface area (Å²) < 4.78 is 0. The minimum atomic E-state index is -0.401. The number of non-ortho nitro benzene ring substituents is 1. The van der Waals surface area contributed by atoms with E-state index >= 15 is 0 Å². The number of hydrogen-bond acceptors (Lipinski definition) is 4. The monoisotopic (exact) mass is 247 g/mol. The summed E-state index contributed by atoms with van der Waals surface area (Å²) in [7, 11) is 0. The highest BCUT2D eigenvalue weighted by Crippen LogP contribution is 2.22. The fourth-order valence-corrected chi connectivity index (χ4v) is 2.16. The third kappa shape index (κ3) is 3.06. The lowest BCUT2D eigenvalue weighted by atomic mass is 9.89. The summed E-state index contributed by atoms with van der Waals surface area (Å²) in [5, 5.41) is 15.0. The van der Waals surface area contributed by atoms with Gasteiger partial charge in [-0.1, -0.05) is 19.4 Å². The molecule has 1 aromatic rings. The number of nitro groups is 1. The van der Waals surface area contributed by atoms with Crippen molar-refractivity contribution in [1.29, 1.82) is 0 Å². The van der Waals surface area contributed by atoms with Crippen molar-refractivity contribution >= 4 is 17.1 Å². The third-order valence-corrected chi connectivity index (χ3v) is 3.27. The predicted molar refractivity (Wildman–Crippen MR) is 71.8 cm³/mol. The molecule has 0 bridgehead atoms. The first kappa shape index (κ1) is 12.5. The van der Waals surface area contributed by atoms with Gasteiger partial charge in [-0.3, -0.25) is 15.5 Å². The number of nitro benzene ring substituents is 1. The van der Waals surface area contributed by atoms with Crippen LogP contribution in [0.3, 0.4) is 0 Å². The van der Waals surface area contributed by atoms with Gasteiger partial charge in [0.15, 0.2) is 0 Å². The molecule has 0 spiro atoms. The quantitative estimate of drug-likeness (QED) is 0.655. The number of hydrazone groups is 1. The van der Waals surface area contributed by atoms with Crippen LogP contribution in [-0.4, -0.2) is 10.6 Å². The number of nitrogens with zero attached hydrogens (tertiary/aromatic N) is 2. The molecule has 1 atom stereocenters. The van der Waals surface area contributed by atoms with E-state index in [0.29, 0.717) is 11.6 Å². The van der Waals surface area contributed by atoms with Crippen LogP contribution in [0.15, 0.2) is 29.4 Å². The van der Waals surface area contributed by atoms with Crippen LogP contribution >= 0.6 is 0 Å². The molecule has 96 valence electrons. The molecule has 5 heteroatoms. The Labute approximate surface area is 106 Å². The lowest BCUT2D eigenvalue weighted by Crippen LogP contribution is -2.17. The average Bonchev–Trinajstić information content (AvgIpc) is 2.38. The van der Waals surface area contributed by atoms with Gasteiger partial charge in [-0.2, -0.15) is 5.10 Å². The van der Waals surface area contributed by atoms with Gasteiger partial charge in [-0.05, 0) is 31.2 Å². The zero-order chi connectivity index (χ0) is 13.0. The minimum absolute atomic E-state index is 0.0805. The Morgan fingerprint density at radius 1 is 1.44 bits per heavy atom. The van der Waals surface area contributed by atoms with E-state index in [1.807, 2.05) is 0 Å². The molecule has 0 heterocycles. The van der Waals surface area contributed by atoms with Gasteiger partial charge in [0, 0.05) is 17.8 Å². The summed E-state index contributed by atoms with van der Waals surface area (Å²) in [5.74, 6) is 0.505. The Balaban J connectivity index is 2.07. The molecule has 0 aromatic heterocycles. The van der Waals surface area contributed by atoms with Crippen LogP contribution in [0, 0.1) is 16.0 Å². The standard InChI is InChI=1S/C13H17N3O2/c1-10-5-2-3-8-13(10)15-14-11-6-4-7-12(9-11)16(17)18/h4,6-7,9-10,14H,2-3,5,8H2,1H3/b15-13-/t10-/m0/s1. The molecule has 18 heavy (non-hydrogen) atoms. The van der Waals surface area contributed by atoms with Crippen LogP contribution in [0.5, 0.6) is 0 Å². The van der Waals surface area contributed by atoms with Gasteiger partial charge >= 0.3 is 0 Å². The van der Waals surface area contributed by atoms with Gasteiger partial charge in [-0.25, -0.2) is 0 Å². The minimum Gasteiger partial charge on any atom is -0.278 e. The van der Waals surface area contributed by atoms with Crippen molar-refractivity contribution < 1.29 is 4.92 Å². The highest BCUT2D eigenvalue weighted by atomic mass is 16.6. The Hall–Kier alpha value is -1.91. The van der Waals surface area contributed by atoms with Crippen LogP contribution in [0.4, 0.5) is 11.4 Å². The number of rotatable bonds is 3. The van der Waals surface area contributed by atoms with E-state index in [4.69, 9.17) is 0 Å². The second-order valence-corrected chi connectivity index (χ2v) is 4.67. The Kier molecular flexibility index (Phi) is 3.92. The Bertz CT molecular complexity index is 471. The van der Waals surface area contributed by atoms with E-state index in [1.165, 1.54) is 31.4 Å². The molecule has 0 unspecified atom stereocenters. The lowest BCUT2D eigenvalue weighted by Gasteiger charge is -2.19. The summed E-state index contributed by atoms with van der Waals surface area (Å²) in [4.78, 5) is 10.3. The highest BCUT2D eigenvalue weighted by molar-refractivity contribution is 5.87. The normalized spacial score (nSPS) is 21.8. The molecule has 0 saturated heterocycles. The Morgan fingerprint density at radius 2 is 2.28 bits per heavy atom. The van der Waals surface area contributed by atoms with E-state index in [0.717, 1.165) is 12.1 Å². The molecule has 1 saturated carbocycles. The smallest absolute Gasteiger partial charge is 0.271 e. The summed E-state index contributed by atoms with van der Waals surface area (Å²) in [6.07, 6.45) is 4.63. The lowest BCUT2D eigenvalue weighted by molar-refractivity contribution is -0.384. The highest BCUT2D eigenvalue weighted by Gasteiger charge is 2.15. The predicted octanol–water partition coefficient (Wildman–Crippen LogP) is 3.57. The summed E-state index contributed by atoms with van der Waals surface area (Å²) in [5.41, 5.74) is 4.83. The van der Waals surface area contributed by atoms with E-state index < -0.39 is 4.92 Å². The van der Waals surface area contributed by atoms with Crippen molar-refractivity contribution in [1.82, 2.24) is 0 Å². The SMILES string of the molecule is C[C@H]1CCCC/C1=N/Nc1cccc([N+](=O)[O-])c1. The van der Waals surface area contributed by atoms with Crippen molar-refractivity contribution in [3.05, 3.63) is 34.4 Å². The maximum atomic E-state index is 10.7. The van der Waals surface area contributed by atoms with Crippen molar-refractivity contribution in [2.75, 3.05) is 5.43 Å². The number of anilines is 1. The first-order valence-electron chi connectivity index (χ1n) is 6.24. The molecule has 0 aliphatic heterocycles. The summed E-state index contributed by atoms with van der Waals surface area (Å²) in [6.45, 7) is 2.17. The molecular formula is C13H17N3O2. The molecule has 1 aromatic carbocycles. The topological polar surface area (TPSA) is 67.5 Å². The second-order valence-electron chi connectivity index (χ2n) is 4.67. The van der Waals surface area contributed by atoms with Crippen LogP contribution < -0.4 is 5.43 Å². The van der Waals surface area contributed by atoms with Crippen molar-refractivity contribution in [2.45, 2.75) is 32.6 Å². The molecule has 1 N–H and O–H groups in total. The summed E-state index contributed by atoms with van der Waals surface area (Å²) in [6, 6.07) is 6.41. The maximum absolute atomic E-state index is 10.7. The third-order valence-electron chi connectivity index (χ3n) is 3.27. The number of nitrogens with one attached hydrogen (secondary N) is 1. The van der Waals surface area contributed by atoms with Crippen LogP contribution in [0.2, 0.25) is 0 Å². The maximum Gasteiger partial charge on any atom is 0.271 e. The molecule has 1 aliphatic rings. The zero-order valence-electron chi connectivity index (χ0n) is 10.4. The number of benzene rings is 1. The zero-order valence-corrected chi connectivity index (χ0v) is 10.4. The van der Waals surface area contributed by atoms with Gasteiger partial charge in [-0.15, -0.1) is 0 Å². The van der Waals surface area contributed by atoms with E-state index in [1.54, 1.807) is 12.1 Å². The van der Waals surface area contributed by atoms with E-state index in [-0.39, 0.29) is 5.69 Å². The van der Waals surface area contributed by atoms with Crippen molar-refractivity contribution in [2.24, 2.45) is 11.0 Å². The van der Waals surface area contributed by atoms with Crippen molar-refractivity contribution in [3.63, 3.8) is 0 Å². The molecule has 2 rings (SSSR count). The molecule has 0 radical (unpaired) electrons.